The lowest BCUT2D eigenvalue weighted by atomic mass is 10.1. The number of carbonyl (C=O) groups is 2. The highest BCUT2D eigenvalue weighted by Crippen LogP contribution is 2.29. The van der Waals surface area contributed by atoms with Crippen molar-refractivity contribution in [1.29, 1.82) is 0 Å². The summed E-state index contributed by atoms with van der Waals surface area (Å²) in [6, 6.07) is 6.04. The highest BCUT2D eigenvalue weighted by molar-refractivity contribution is 6.00. The normalized spacial score (nSPS) is 17.2. The second-order valence-corrected chi connectivity index (χ2v) is 6.02. The van der Waals surface area contributed by atoms with Crippen molar-refractivity contribution in [2.45, 2.75) is 20.3 Å². The molecule has 1 atom stereocenters. The highest BCUT2D eigenvalue weighted by Gasteiger charge is 2.37. The summed E-state index contributed by atoms with van der Waals surface area (Å²) in [6.07, 6.45) is 3.65. The fraction of sp³-hybridized carbons (Fsp3) is 0.368. The number of hydrogen-bond acceptors (Lipinski definition) is 2. The Morgan fingerprint density at radius 3 is 2.57 bits per heavy atom. The Bertz CT molecular complexity index is 626. The molecular formula is C19H24N2O2. The van der Waals surface area contributed by atoms with Gasteiger partial charge in [0.2, 0.25) is 11.8 Å². The first-order valence-electron chi connectivity index (χ1n) is 7.86. The van der Waals surface area contributed by atoms with Crippen LogP contribution < -0.4 is 4.90 Å². The summed E-state index contributed by atoms with van der Waals surface area (Å²) in [5.41, 5.74) is 3.06. The van der Waals surface area contributed by atoms with E-state index in [9.17, 15) is 9.59 Å². The maximum Gasteiger partial charge on any atom is 0.228 e. The lowest BCUT2D eigenvalue weighted by molar-refractivity contribution is -0.134. The van der Waals surface area contributed by atoms with E-state index in [1.807, 2.05) is 32.0 Å². The Kier molecular flexibility index (Phi) is 5.37. The second-order valence-electron chi connectivity index (χ2n) is 6.02. The van der Waals surface area contributed by atoms with Crippen LogP contribution in [-0.2, 0) is 9.59 Å². The molecule has 4 heteroatoms. The monoisotopic (exact) mass is 312 g/mol. The fourth-order valence-corrected chi connectivity index (χ4v) is 2.94. The van der Waals surface area contributed by atoms with Gasteiger partial charge in [0, 0.05) is 31.7 Å². The summed E-state index contributed by atoms with van der Waals surface area (Å²) in [6.45, 7) is 12.7. The van der Waals surface area contributed by atoms with E-state index in [-0.39, 0.29) is 24.2 Å². The third-order valence-corrected chi connectivity index (χ3v) is 4.14. The van der Waals surface area contributed by atoms with Crippen molar-refractivity contribution >= 4 is 17.5 Å². The number of anilines is 1. The third-order valence-electron chi connectivity index (χ3n) is 4.14. The fourth-order valence-electron chi connectivity index (χ4n) is 2.94. The predicted molar refractivity (Wildman–Crippen MR) is 93.4 cm³/mol. The van der Waals surface area contributed by atoms with Crippen molar-refractivity contribution in [2.24, 2.45) is 5.92 Å². The first kappa shape index (κ1) is 17.0. The van der Waals surface area contributed by atoms with Gasteiger partial charge in [0.15, 0.2) is 0 Å². The summed E-state index contributed by atoms with van der Waals surface area (Å²) in [7, 11) is 0. The molecule has 1 unspecified atom stereocenters. The average Bonchev–Trinajstić information content (AvgIpc) is 2.90. The van der Waals surface area contributed by atoms with Gasteiger partial charge in [-0.3, -0.25) is 9.59 Å². The van der Waals surface area contributed by atoms with Crippen LogP contribution in [0.1, 0.15) is 17.5 Å². The summed E-state index contributed by atoms with van der Waals surface area (Å²) < 4.78 is 0. The standard InChI is InChI=1S/C19H24N2O2/c1-5-9-20(10-6-2)19(23)16-12-18(22)21(13-16)17-11-14(3)7-8-15(17)4/h5-8,11,16H,1-2,9-10,12-13H2,3-4H3. The van der Waals surface area contributed by atoms with Gasteiger partial charge in [0.05, 0.1) is 5.92 Å². The van der Waals surface area contributed by atoms with E-state index in [2.05, 4.69) is 13.2 Å². The maximum atomic E-state index is 12.7. The topological polar surface area (TPSA) is 40.6 Å². The van der Waals surface area contributed by atoms with Crippen LogP contribution in [0.3, 0.4) is 0 Å². The summed E-state index contributed by atoms with van der Waals surface area (Å²) in [5.74, 6) is -0.303. The van der Waals surface area contributed by atoms with Gasteiger partial charge >= 0.3 is 0 Å². The Morgan fingerprint density at radius 1 is 1.30 bits per heavy atom. The molecule has 0 radical (unpaired) electrons. The Hall–Kier alpha value is -2.36. The second kappa shape index (κ2) is 7.27. The molecule has 0 aromatic heterocycles. The smallest absolute Gasteiger partial charge is 0.228 e. The van der Waals surface area contributed by atoms with Crippen molar-refractivity contribution < 1.29 is 9.59 Å². The van der Waals surface area contributed by atoms with Crippen LogP contribution in [-0.4, -0.2) is 36.3 Å². The zero-order valence-corrected chi connectivity index (χ0v) is 13.9. The molecule has 23 heavy (non-hydrogen) atoms. The molecule has 1 fully saturated rings. The van der Waals surface area contributed by atoms with Crippen LogP contribution in [0.2, 0.25) is 0 Å². The molecule has 0 aliphatic carbocycles. The van der Waals surface area contributed by atoms with Gasteiger partial charge in [-0.1, -0.05) is 24.3 Å². The molecule has 1 aliphatic rings. The molecule has 0 bridgehead atoms. The van der Waals surface area contributed by atoms with Gasteiger partial charge in [-0.2, -0.15) is 0 Å². The van der Waals surface area contributed by atoms with Gasteiger partial charge in [-0.25, -0.2) is 0 Å². The number of hydrogen-bond donors (Lipinski definition) is 0. The SMILES string of the molecule is C=CCN(CC=C)C(=O)C1CC(=O)N(c2cc(C)ccc2C)C1. The molecule has 1 aromatic rings. The Morgan fingerprint density at radius 2 is 1.96 bits per heavy atom. The summed E-state index contributed by atoms with van der Waals surface area (Å²) >= 11 is 0. The number of aryl methyl sites for hydroxylation is 2. The lowest BCUT2D eigenvalue weighted by Crippen LogP contribution is -2.37. The molecule has 1 heterocycles. The number of nitrogens with zero attached hydrogens (tertiary/aromatic N) is 2. The summed E-state index contributed by atoms with van der Waals surface area (Å²) in [4.78, 5) is 28.5. The van der Waals surface area contributed by atoms with Crippen LogP contribution in [0.25, 0.3) is 0 Å². The van der Waals surface area contributed by atoms with Gasteiger partial charge in [-0.15, -0.1) is 13.2 Å². The molecule has 122 valence electrons. The van der Waals surface area contributed by atoms with E-state index in [0.29, 0.717) is 19.6 Å². The van der Waals surface area contributed by atoms with Gasteiger partial charge < -0.3 is 9.80 Å². The number of amides is 2. The van der Waals surface area contributed by atoms with E-state index in [0.717, 1.165) is 16.8 Å². The minimum atomic E-state index is -0.303. The molecule has 0 spiro atoms. The first-order chi connectivity index (χ1) is 11.0. The minimum absolute atomic E-state index is 0.00837. The zero-order chi connectivity index (χ0) is 17.0. The van der Waals surface area contributed by atoms with E-state index in [1.165, 1.54) is 0 Å². The number of benzene rings is 1. The van der Waals surface area contributed by atoms with Crippen LogP contribution in [0.5, 0.6) is 0 Å². The van der Waals surface area contributed by atoms with Crippen LogP contribution in [0.15, 0.2) is 43.5 Å². The Balaban J connectivity index is 2.18. The van der Waals surface area contributed by atoms with Crippen LogP contribution in [0.4, 0.5) is 5.69 Å². The number of rotatable bonds is 6. The van der Waals surface area contributed by atoms with Gasteiger partial charge in [-0.05, 0) is 31.0 Å². The molecule has 1 aliphatic heterocycles. The zero-order valence-electron chi connectivity index (χ0n) is 13.9. The molecule has 0 saturated carbocycles. The third kappa shape index (κ3) is 3.70. The maximum absolute atomic E-state index is 12.7. The molecular weight excluding hydrogens is 288 g/mol. The minimum Gasteiger partial charge on any atom is -0.335 e. The van der Waals surface area contributed by atoms with Crippen molar-refractivity contribution in [1.82, 2.24) is 4.90 Å². The van der Waals surface area contributed by atoms with Gasteiger partial charge in [0.25, 0.3) is 0 Å². The Labute approximate surface area is 138 Å². The predicted octanol–water partition coefficient (Wildman–Crippen LogP) is 2.86. The molecule has 4 nitrogen and oxygen atoms in total. The average molecular weight is 312 g/mol. The van der Waals surface area contributed by atoms with Crippen LogP contribution >= 0.6 is 0 Å². The van der Waals surface area contributed by atoms with Crippen molar-refractivity contribution in [3.05, 3.63) is 54.6 Å². The summed E-state index contributed by atoms with van der Waals surface area (Å²) in [5, 5.41) is 0. The quantitative estimate of drug-likeness (QED) is 0.758. The van der Waals surface area contributed by atoms with Crippen molar-refractivity contribution in [3.8, 4) is 0 Å². The first-order valence-corrected chi connectivity index (χ1v) is 7.86. The van der Waals surface area contributed by atoms with E-state index in [1.54, 1.807) is 22.0 Å². The van der Waals surface area contributed by atoms with E-state index < -0.39 is 0 Å². The van der Waals surface area contributed by atoms with Crippen LogP contribution in [0, 0.1) is 19.8 Å². The largest absolute Gasteiger partial charge is 0.335 e. The molecule has 0 N–H and O–H groups in total. The molecule has 1 aromatic carbocycles. The van der Waals surface area contributed by atoms with Crippen molar-refractivity contribution in [3.63, 3.8) is 0 Å². The molecule has 2 amide bonds. The van der Waals surface area contributed by atoms with E-state index >= 15 is 0 Å². The lowest BCUT2D eigenvalue weighted by Gasteiger charge is -2.23. The molecule has 2 rings (SSSR count). The van der Waals surface area contributed by atoms with E-state index in [4.69, 9.17) is 0 Å². The number of carbonyl (C=O) groups excluding carboxylic acids is 2. The van der Waals surface area contributed by atoms with Gasteiger partial charge in [0.1, 0.15) is 0 Å². The molecule has 1 saturated heterocycles. The van der Waals surface area contributed by atoms with Crippen molar-refractivity contribution in [2.75, 3.05) is 24.5 Å². The highest BCUT2D eigenvalue weighted by atomic mass is 16.2.